The van der Waals surface area contributed by atoms with Crippen LogP contribution in [0.3, 0.4) is 0 Å². The fourth-order valence-electron chi connectivity index (χ4n) is 0. The van der Waals surface area contributed by atoms with Crippen molar-refractivity contribution in [3.05, 3.63) is 0 Å². The van der Waals surface area contributed by atoms with Crippen LogP contribution in [0.4, 0.5) is 12.6 Å². The van der Waals surface area contributed by atoms with Gasteiger partial charge in [0, 0.05) is 32.1 Å². The fourth-order valence-corrected chi connectivity index (χ4v) is 0. The molecule has 0 aromatic carbocycles. The second kappa shape index (κ2) is 4.84. The van der Waals surface area contributed by atoms with E-state index in [-0.39, 0.29) is 19.5 Å². The second-order valence-corrected chi connectivity index (χ2v) is 0.643. The molecular weight excluding hydrogens is 189 g/mol. The summed E-state index contributed by atoms with van der Waals surface area (Å²) < 4.78 is 29.3. The standard InChI is InChI=1S/F3HP.Ru/c1-4(2)3;/h4H;/q+1;. The van der Waals surface area contributed by atoms with E-state index in [0.717, 1.165) is 0 Å². The van der Waals surface area contributed by atoms with Crippen LogP contribution in [0.15, 0.2) is 0 Å². The molecule has 0 aliphatic rings. The number of halogens is 3. The third-order valence-corrected chi connectivity index (χ3v) is 0. The molecule has 5 heavy (non-hydrogen) atoms. The maximum Gasteiger partial charge on any atom is 0.558 e. The summed E-state index contributed by atoms with van der Waals surface area (Å²) in [5, 5.41) is 0. The molecule has 0 saturated carbocycles. The van der Waals surface area contributed by atoms with Crippen LogP contribution in [-0.2, 0) is 19.5 Å². The van der Waals surface area contributed by atoms with Crippen molar-refractivity contribution in [2.75, 3.05) is 0 Å². The van der Waals surface area contributed by atoms with Crippen LogP contribution in [0.1, 0.15) is 0 Å². The van der Waals surface area contributed by atoms with Crippen molar-refractivity contribution in [1.29, 1.82) is 0 Å². The Morgan fingerprint density at radius 3 is 1.00 bits per heavy atom. The van der Waals surface area contributed by atoms with Crippen LogP contribution in [0, 0.1) is 0 Å². The Labute approximate surface area is 41.6 Å². The van der Waals surface area contributed by atoms with E-state index in [1.807, 2.05) is 0 Å². The van der Waals surface area contributed by atoms with Crippen molar-refractivity contribution in [2.24, 2.45) is 0 Å². The zero-order valence-corrected chi connectivity index (χ0v) is 4.73. The quantitative estimate of drug-likeness (QED) is 0.404. The Balaban J connectivity index is 0. The van der Waals surface area contributed by atoms with Gasteiger partial charge in [-0.05, 0) is 0 Å². The predicted molar refractivity (Wildman–Crippen MR) is 11.6 cm³/mol. The summed E-state index contributed by atoms with van der Waals surface area (Å²) in [5.41, 5.74) is 0. The molecule has 0 aliphatic carbocycles. The van der Waals surface area contributed by atoms with E-state index in [4.69, 9.17) is 0 Å². The maximum atomic E-state index is 9.77. The minimum absolute atomic E-state index is 0. The van der Waals surface area contributed by atoms with Gasteiger partial charge >= 0.3 is 8.85 Å². The van der Waals surface area contributed by atoms with Crippen LogP contribution < -0.4 is 0 Å². The van der Waals surface area contributed by atoms with E-state index < -0.39 is 8.85 Å². The van der Waals surface area contributed by atoms with Gasteiger partial charge in [-0.15, -0.1) is 0 Å². The van der Waals surface area contributed by atoms with Crippen LogP contribution in [0.2, 0.25) is 0 Å². The molecule has 0 aromatic rings. The number of hydrogen-bond acceptors (Lipinski definition) is 0. The van der Waals surface area contributed by atoms with E-state index in [0.29, 0.717) is 0 Å². The molecule has 5 heteroatoms. The van der Waals surface area contributed by atoms with Crippen molar-refractivity contribution in [2.45, 2.75) is 0 Å². The molecule has 0 amide bonds. The molecule has 0 fully saturated rings. The van der Waals surface area contributed by atoms with Gasteiger partial charge in [-0.2, -0.15) is 0 Å². The SMILES string of the molecule is F[PH+](F)F.[Ru]. The van der Waals surface area contributed by atoms with E-state index in [1.54, 1.807) is 0 Å². The molecule has 0 rings (SSSR count). The van der Waals surface area contributed by atoms with Gasteiger partial charge < -0.3 is 0 Å². The van der Waals surface area contributed by atoms with Gasteiger partial charge in [0.2, 0.25) is 0 Å². The third kappa shape index (κ3) is 55.1. The molecule has 0 aromatic heterocycles. The molecule has 0 N–H and O–H groups in total. The molecule has 0 bridgehead atoms. The minimum Gasteiger partial charge on any atom is 0 e. The van der Waals surface area contributed by atoms with Gasteiger partial charge in [0.05, 0.1) is 0 Å². The summed E-state index contributed by atoms with van der Waals surface area (Å²) in [6.07, 6.45) is 0. The normalized spacial score (nSPS) is 7.20. The van der Waals surface area contributed by atoms with Gasteiger partial charge in [-0.3, -0.25) is 0 Å². The largest absolute Gasteiger partial charge is 0.558 e. The predicted octanol–water partition coefficient (Wildman–Crippen LogP) is 1.85. The minimum atomic E-state index is -4.38. The van der Waals surface area contributed by atoms with Crippen molar-refractivity contribution in [3.63, 3.8) is 0 Å². The maximum absolute atomic E-state index is 9.77. The summed E-state index contributed by atoms with van der Waals surface area (Å²) in [7, 11) is -4.38. The smallest absolute Gasteiger partial charge is 0 e. The van der Waals surface area contributed by atoms with Gasteiger partial charge in [-0.1, -0.05) is 0 Å². The van der Waals surface area contributed by atoms with Gasteiger partial charge in [0.25, 0.3) is 0 Å². The Morgan fingerprint density at radius 1 is 1.00 bits per heavy atom. The topological polar surface area (TPSA) is 0 Å². The fraction of sp³-hybridized carbons (Fsp3) is 0. The Hall–Kier alpha value is 0.843. The average molecular weight is 190 g/mol. The molecular formula is HF3PRu+. The van der Waals surface area contributed by atoms with E-state index in [9.17, 15) is 12.6 Å². The molecule has 0 spiro atoms. The Kier molecular flexibility index (Phi) is 8.99. The third-order valence-electron chi connectivity index (χ3n) is 0. The van der Waals surface area contributed by atoms with Crippen molar-refractivity contribution < 1.29 is 32.1 Å². The average Bonchev–Trinajstić information content (AvgIpc) is 0.811. The summed E-state index contributed by atoms with van der Waals surface area (Å²) in [4.78, 5) is 0. The molecule has 0 saturated heterocycles. The first-order chi connectivity index (χ1) is 1.73. The Morgan fingerprint density at radius 2 is 1.00 bits per heavy atom. The first kappa shape index (κ1) is 9.28. The molecule has 0 atom stereocenters. The number of rotatable bonds is 0. The summed E-state index contributed by atoms with van der Waals surface area (Å²) >= 11 is 0. The molecule has 0 aliphatic heterocycles. The number of hydrogen-bond donors (Lipinski definition) is 0. The van der Waals surface area contributed by atoms with Crippen LogP contribution in [0.5, 0.6) is 0 Å². The molecule has 34 valence electrons. The molecule has 0 unspecified atom stereocenters. The van der Waals surface area contributed by atoms with Crippen LogP contribution >= 0.6 is 8.85 Å². The zero-order valence-electron chi connectivity index (χ0n) is 1.99. The molecule has 0 nitrogen and oxygen atoms in total. The van der Waals surface area contributed by atoms with Crippen molar-refractivity contribution >= 4 is 8.85 Å². The summed E-state index contributed by atoms with van der Waals surface area (Å²) in [6.45, 7) is 0. The first-order valence-electron chi connectivity index (χ1n) is 0.567. The van der Waals surface area contributed by atoms with Crippen LogP contribution in [-0.4, -0.2) is 0 Å². The van der Waals surface area contributed by atoms with Crippen molar-refractivity contribution in [1.82, 2.24) is 0 Å². The van der Waals surface area contributed by atoms with Crippen LogP contribution in [0.25, 0.3) is 0 Å². The Bertz CT molecular complexity index is 11.6. The summed E-state index contributed by atoms with van der Waals surface area (Å²) in [5.74, 6) is 0. The van der Waals surface area contributed by atoms with Gasteiger partial charge in [0.15, 0.2) is 0 Å². The molecule has 0 radical (unpaired) electrons. The zero-order chi connectivity index (χ0) is 3.58. The van der Waals surface area contributed by atoms with E-state index in [1.165, 1.54) is 0 Å². The molecule has 0 heterocycles. The van der Waals surface area contributed by atoms with E-state index in [2.05, 4.69) is 0 Å². The summed E-state index contributed by atoms with van der Waals surface area (Å²) in [6, 6.07) is 0. The van der Waals surface area contributed by atoms with Gasteiger partial charge in [-0.25, -0.2) is 0 Å². The second-order valence-electron chi connectivity index (χ2n) is 0.214. The first-order valence-corrected chi connectivity index (χ1v) is 1.70. The van der Waals surface area contributed by atoms with Gasteiger partial charge in [0.1, 0.15) is 0 Å². The monoisotopic (exact) mass is 191 g/mol. The van der Waals surface area contributed by atoms with Crippen molar-refractivity contribution in [3.8, 4) is 0 Å². The van der Waals surface area contributed by atoms with E-state index >= 15 is 0 Å².